The Morgan fingerprint density at radius 2 is 1.18 bits per heavy atom. The van der Waals surface area contributed by atoms with E-state index in [0.29, 0.717) is 0 Å². The second-order valence-corrected chi connectivity index (χ2v) is 0.852. The van der Waals surface area contributed by atoms with Gasteiger partial charge in [0.05, 0.1) is 0 Å². The van der Waals surface area contributed by atoms with E-state index < -0.39 is 14.7 Å². The van der Waals surface area contributed by atoms with E-state index in [-0.39, 0.29) is 103 Å². The third kappa shape index (κ3) is 64.3. The first-order valence-electron chi connectivity index (χ1n) is 1.87. The van der Waals surface area contributed by atoms with Crippen molar-refractivity contribution in [3.05, 3.63) is 12.6 Å². The van der Waals surface area contributed by atoms with Crippen LogP contribution >= 0.6 is 0 Å². The van der Waals surface area contributed by atoms with Crippen LogP contribution in [0.2, 0.25) is 0 Å². The monoisotopic (exact) mass is 216 g/mol. The van der Waals surface area contributed by atoms with Crippen molar-refractivity contribution in [1.82, 2.24) is 0 Å². The maximum Gasteiger partial charge on any atom is 1.00 e. The molecular weight excluding hydrogens is 213 g/mol. The van der Waals surface area contributed by atoms with Gasteiger partial charge in [-0.05, 0) is 0 Å². The summed E-state index contributed by atoms with van der Waals surface area (Å²) in [7, 11) is -5.52. The van der Waals surface area contributed by atoms with Crippen molar-refractivity contribution < 1.29 is 126 Å². The van der Waals surface area contributed by atoms with E-state index in [2.05, 4.69) is 6.58 Å². The molecule has 0 heterocycles. The van der Waals surface area contributed by atoms with E-state index in [1.54, 1.807) is 0 Å². The second-order valence-electron chi connectivity index (χ2n) is 0.852. The van der Waals surface area contributed by atoms with Crippen molar-refractivity contribution >= 4 is 14.7 Å². The van der Waals surface area contributed by atoms with Gasteiger partial charge in [-0.25, -0.2) is 0 Å². The number of hydrogen-bond acceptors (Lipinski definition) is 2. The van der Waals surface area contributed by atoms with Crippen LogP contribution in [0.5, 0.6) is 0 Å². The molecule has 0 fully saturated rings. The van der Waals surface area contributed by atoms with Gasteiger partial charge in [-0.1, -0.05) is 7.12 Å². The number of halogens is 3. The minimum absolute atomic E-state index is 0. The molecule has 9 heteroatoms. The quantitative estimate of drug-likeness (QED) is 0.409. The molecular formula is C2H3B2F3K2O2. The molecule has 0 aromatic heterocycles. The van der Waals surface area contributed by atoms with Gasteiger partial charge in [-0.3, -0.25) is 12.9 Å². The fourth-order valence-electron chi connectivity index (χ4n) is 0. The van der Waals surface area contributed by atoms with Crippen molar-refractivity contribution in [2.75, 3.05) is 0 Å². The van der Waals surface area contributed by atoms with Gasteiger partial charge >= 0.3 is 110 Å². The van der Waals surface area contributed by atoms with Crippen molar-refractivity contribution in [2.24, 2.45) is 0 Å². The van der Waals surface area contributed by atoms with Crippen LogP contribution in [0.4, 0.5) is 12.9 Å². The summed E-state index contributed by atoms with van der Waals surface area (Å²) in [5.41, 5.74) is 0. The second kappa shape index (κ2) is 18.6. The fraction of sp³-hybridized carbons (Fsp3) is 0. The number of rotatable bonds is 1. The van der Waals surface area contributed by atoms with Crippen LogP contribution < -0.4 is 113 Å². The van der Waals surface area contributed by atoms with E-state index in [0.717, 1.165) is 5.98 Å². The molecule has 0 aliphatic heterocycles. The number of hydrogen-bond donors (Lipinski definition) is 0. The summed E-state index contributed by atoms with van der Waals surface area (Å²) in [5, 5.41) is 18.4. The first-order chi connectivity index (χ1) is 4.00. The standard InChI is InChI=1S/C2H3BO2.BF3.2K/c1-2-3(4)5;2-1(3)4;;/h2H,1H2;;;/q-2;;2*+1. The van der Waals surface area contributed by atoms with Gasteiger partial charge in [0.1, 0.15) is 0 Å². The molecule has 0 aromatic carbocycles. The molecule has 0 spiro atoms. The summed E-state index contributed by atoms with van der Waals surface area (Å²) in [5.74, 6) is 0.806. The zero-order valence-corrected chi connectivity index (χ0v) is 12.6. The minimum Gasteiger partial charge on any atom is -0.890 e. The summed E-state index contributed by atoms with van der Waals surface area (Å²) in [6.07, 6.45) is 0. The molecule has 0 aromatic rings. The van der Waals surface area contributed by atoms with E-state index in [1.807, 2.05) is 0 Å². The molecule has 0 radical (unpaired) electrons. The Morgan fingerprint density at radius 3 is 1.18 bits per heavy atom. The molecule has 0 aliphatic carbocycles. The average Bonchev–Trinajstić information content (AvgIpc) is 1.65. The Labute approximate surface area is 149 Å². The SMILES string of the molecule is C=CB([O-])[O-].FB(F)F.[K+].[K+]. The van der Waals surface area contributed by atoms with Gasteiger partial charge in [0.15, 0.2) is 0 Å². The van der Waals surface area contributed by atoms with Crippen LogP contribution in [0, 0.1) is 0 Å². The van der Waals surface area contributed by atoms with Crippen LogP contribution in [0.3, 0.4) is 0 Å². The Kier molecular flexibility index (Phi) is 39.9. The first-order valence-corrected chi connectivity index (χ1v) is 1.87. The zero-order valence-electron chi connectivity index (χ0n) is 6.39. The van der Waals surface area contributed by atoms with Crippen LogP contribution in [0.25, 0.3) is 0 Å². The largest absolute Gasteiger partial charge is 1.00 e. The van der Waals surface area contributed by atoms with Crippen molar-refractivity contribution in [1.29, 1.82) is 0 Å². The van der Waals surface area contributed by atoms with Crippen LogP contribution in [-0.4, -0.2) is 14.7 Å². The van der Waals surface area contributed by atoms with E-state index in [9.17, 15) is 23.0 Å². The van der Waals surface area contributed by atoms with Gasteiger partial charge in [-0.15, -0.1) is 6.58 Å². The molecule has 0 saturated carbocycles. The molecule has 0 rings (SSSR count). The molecule has 52 valence electrons. The average molecular weight is 216 g/mol. The maximum absolute atomic E-state index is 9.67. The van der Waals surface area contributed by atoms with Gasteiger partial charge in [0, 0.05) is 0 Å². The minimum atomic E-state index is -3.67. The Hall–Kier alpha value is 2.85. The van der Waals surface area contributed by atoms with Gasteiger partial charge < -0.3 is 10.0 Å². The van der Waals surface area contributed by atoms with Crippen molar-refractivity contribution in [3.63, 3.8) is 0 Å². The van der Waals surface area contributed by atoms with Gasteiger partial charge in [0.25, 0.3) is 0 Å². The maximum atomic E-state index is 9.67. The van der Waals surface area contributed by atoms with E-state index in [4.69, 9.17) is 0 Å². The Morgan fingerprint density at radius 1 is 1.09 bits per heavy atom. The van der Waals surface area contributed by atoms with Gasteiger partial charge in [0.2, 0.25) is 0 Å². The Balaban J connectivity index is -0.0000000383. The third-order valence-electron chi connectivity index (χ3n) is 0.192. The fourth-order valence-corrected chi connectivity index (χ4v) is 0. The molecule has 11 heavy (non-hydrogen) atoms. The summed E-state index contributed by atoms with van der Waals surface area (Å²) in [6.45, 7) is 2.94. The molecule has 0 atom stereocenters. The predicted octanol–water partition coefficient (Wildman–Crippen LogP) is -7.19. The zero-order chi connectivity index (χ0) is 7.86. The molecule has 0 bridgehead atoms. The molecule has 2 nitrogen and oxygen atoms in total. The molecule has 0 saturated heterocycles. The van der Waals surface area contributed by atoms with E-state index in [1.165, 1.54) is 0 Å². The summed E-state index contributed by atoms with van der Waals surface area (Å²) >= 11 is 0. The van der Waals surface area contributed by atoms with Crippen molar-refractivity contribution in [2.45, 2.75) is 0 Å². The summed E-state index contributed by atoms with van der Waals surface area (Å²) in [6, 6.07) is 0. The van der Waals surface area contributed by atoms with Crippen LogP contribution in [-0.2, 0) is 0 Å². The Bertz CT molecular complexity index is 73.6. The third-order valence-corrected chi connectivity index (χ3v) is 0.192. The topological polar surface area (TPSA) is 46.1 Å². The normalized spacial score (nSPS) is 5.55. The smallest absolute Gasteiger partial charge is 0.890 e. The van der Waals surface area contributed by atoms with E-state index >= 15 is 0 Å². The molecule has 0 amide bonds. The first kappa shape index (κ1) is 23.6. The predicted molar refractivity (Wildman–Crippen MR) is 25.0 cm³/mol. The van der Waals surface area contributed by atoms with Crippen molar-refractivity contribution in [3.8, 4) is 0 Å². The summed E-state index contributed by atoms with van der Waals surface area (Å²) < 4.78 is 29.0. The molecule has 0 unspecified atom stereocenters. The van der Waals surface area contributed by atoms with Crippen LogP contribution in [0.1, 0.15) is 0 Å². The molecule has 0 aliphatic rings. The van der Waals surface area contributed by atoms with Gasteiger partial charge in [-0.2, -0.15) is 5.98 Å². The molecule has 0 N–H and O–H groups in total. The van der Waals surface area contributed by atoms with Crippen LogP contribution in [0.15, 0.2) is 12.6 Å². The summed E-state index contributed by atoms with van der Waals surface area (Å²) in [4.78, 5) is 0.